The molecule has 1 aromatic rings. The van der Waals surface area contributed by atoms with Crippen molar-refractivity contribution in [3.63, 3.8) is 0 Å². The van der Waals surface area contributed by atoms with Gasteiger partial charge in [0.2, 0.25) is 0 Å². The highest BCUT2D eigenvalue weighted by Crippen LogP contribution is 2.30. The summed E-state index contributed by atoms with van der Waals surface area (Å²) >= 11 is 3.27. The first-order valence-electron chi connectivity index (χ1n) is 5.51. The van der Waals surface area contributed by atoms with Crippen LogP contribution in [-0.4, -0.2) is 6.61 Å². The van der Waals surface area contributed by atoms with Crippen LogP contribution in [0, 0.1) is 0 Å². The molecule has 0 aromatic heterocycles. The molecule has 3 heteroatoms. The maximum absolute atomic E-state index is 6.09. The molecule has 1 aliphatic carbocycles. The second-order valence-electron chi connectivity index (χ2n) is 4.17. The van der Waals surface area contributed by atoms with Crippen LogP contribution in [0.1, 0.15) is 30.0 Å². The first-order chi connectivity index (χ1) is 7.66. The number of rotatable bonds is 3. The lowest BCUT2D eigenvalue weighted by Gasteiger charge is -2.22. The summed E-state index contributed by atoms with van der Waals surface area (Å²) in [6, 6.07) is 6.36. The van der Waals surface area contributed by atoms with Gasteiger partial charge in [0, 0.05) is 10.5 Å². The molecule has 16 heavy (non-hydrogen) atoms. The smallest absolute Gasteiger partial charge is 0.120 e. The topological polar surface area (TPSA) is 35.2 Å². The number of fused-ring (bicyclic) bond motifs is 1. The van der Waals surface area contributed by atoms with Crippen molar-refractivity contribution in [2.75, 3.05) is 6.61 Å². The quantitative estimate of drug-likeness (QED) is 0.923. The van der Waals surface area contributed by atoms with Gasteiger partial charge in [0.1, 0.15) is 12.4 Å². The van der Waals surface area contributed by atoms with Gasteiger partial charge in [-0.15, -0.1) is 0 Å². The van der Waals surface area contributed by atoms with Crippen LogP contribution in [0.15, 0.2) is 29.3 Å². The third-order valence-electron chi connectivity index (χ3n) is 2.87. The summed E-state index contributed by atoms with van der Waals surface area (Å²) in [4.78, 5) is 0. The lowest BCUT2D eigenvalue weighted by atomic mass is 9.88. The van der Waals surface area contributed by atoms with Crippen molar-refractivity contribution >= 4 is 15.9 Å². The van der Waals surface area contributed by atoms with E-state index in [2.05, 4.69) is 34.6 Å². The predicted molar refractivity (Wildman–Crippen MR) is 69.9 cm³/mol. The molecule has 2 nitrogen and oxygen atoms in total. The molecule has 0 unspecified atom stereocenters. The Labute approximate surface area is 105 Å². The monoisotopic (exact) mass is 281 g/mol. The molecule has 2 N–H and O–H groups in total. The van der Waals surface area contributed by atoms with E-state index in [0.717, 1.165) is 23.1 Å². The van der Waals surface area contributed by atoms with Crippen LogP contribution < -0.4 is 10.5 Å². The Hall–Kier alpha value is -0.800. The van der Waals surface area contributed by atoms with Gasteiger partial charge in [-0.05, 0) is 42.5 Å². The second kappa shape index (κ2) is 5.02. The Morgan fingerprint density at radius 3 is 3.12 bits per heavy atom. The molecule has 2 rings (SSSR count). The zero-order valence-electron chi connectivity index (χ0n) is 9.21. The van der Waals surface area contributed by atoms with Crippen molar-refractivity contribution in [1.82, 2.24) is 0 Å². The maximum atomic E-state index is 6.09. The third-order valence-corrected chi connectivity index (χ3v) is 3.10. The van der Waals surface area contributed by atoms with Gasteiger partial charge in [-0.2, -0.15) is 0 Å². The van der Waals surface area contributed by atoms with Crippen LogP contribution in [0.5, 0.6) is 5.75 Å². The molecule has 0 heterocycles. The van der Waals surface area contributed by atoms with Gasteiger partial charge < -0.3 is 10.5 Å². The molecular weight excluding hydrogens is 266 g/mol. The number of benzene rings is 1. The fourth-order valence-electron chi connectivity index (χ4n) is 2.07. The van der Waals surface area contributed by atoms with Crippen molar-refractivity contribution in [3.8, 4) is 5.75 Å². The van der Waals surface area contributed by atoms with Gasteiger partial charge >= 0.3 is 0 Å². The second-order valence-corrected chi connectivity index (χ2v) is 5.29. The number of hydrogen-bond acceptors (Lipinski definition) is 2. The lowest BCUT2D eigenvalue weighted by molar-refractivity contribution is 0.359. The van der Waals surface area contributed by atoms with E-state index in [1.165, 1.54) is 17.5 Å². The molecule has 0 bridgehead atoms. The SMILES string of the molecule is C=C(Br)COc1ccc2c(c1)[C@@H](N)CCC2. The largest absolute Gasteiger partial charge is 0.488 e. The summed E-state index contributed by atoms with van der Waals surface area (Å²) in [7, 11) is 0. The summed E-state index contributed by atoms with van der Waals surface area (Å²) < 4.78 is 6.42. The first-order valence-corrected chi connectivity index (χ1v) is 6.30. The van der Waals surface area contributed by atoms with Gasteiger partial charge in [0.25, 0.3) is 0 Å². The van der Waals surface area contributed by atoms with E-state index in [9.17, 15) is 0 Å². The standard InChI is InChI=1S/C13H16BrNO/c1-9(14)8-16-11-6-5-10-3-2-4-13(15)12(10)7-11/h5-7,13H,1-4,8,15H2/t13-/m0/s1. The van der Waals surface area contributed by atoms with Gasteiger partial charge in [-0.3, -0.25) is 0 Å². The van der Waals surface area contributed by atoms with Crippen LogP contribution in [-0.2, 0) is 6.42 Å². The fourth-order valence-corrected chi connectivity index (χ4v) is 2.18. The van der Waals surface area contributed by atoms with Gasteiger partial charge in [0.15, 0.2) is 0 Å². The van der Waals surface area contributed by atoms with Crippen LogP contribution in [0.25, 0.3) is 0 Å². The molecule has 1 aromatic carbocycles. The minimum atomic E-state index is 0.166. The highest BCUT2D eigenvalue weighted by molar-refractivity contribution is 9.11. The maximum Gasteiger partial charge on any atom is 0.120 e. The van der Waals surface area contributed by atoms with Crippen LogP contribution >= 0.6 is 15.9 Å². The molecule has 1 aliphatic rings. The number of hydrogen-bond donors (Lipinski definition) is 1. The molecule has 0 aliphatic heterocycles. The van der Waals surface area contributed by atoms with Crippen molar-refractivity contribution in [1.29, 1.82) is 0 Å². The molecule has 0 radical (unpaired) electrons. The summed E-state index contributed by atoms with van der Waals surface area (Å²) in [6.07, 6.45) is 3.39. The van der Waals surface area contributed by atoms with Crippen molar-refractivity contribution in [2.45, 2.75) is 25.3 Å². The number of aryl methyl sites for hydroxylation is 1. The highest BCUT2D eigenvalue weighted by Gasteiger charge is 2.17. The normalized spacial score (nSPS) is 19.0. The minimum Gasteiger partial charge on any atom is -0.488 e. The molecule has 0 saturated carbocycles. The van der Waals surface area contributed by atoms with Gasteiger partial charge in [-0.1, -0.05) is 28.6 Å². The van der Waals surface area contributed by atoms with E-state index in [1.54, 1.807) is 0 Å². The van der Waals surface area contributed by atoms with Gasteiger partial charge in [0.05, 0.1) is 0 Å². The zero-order valence-corrected chi connectivity index (χ0v) is 10.8. The Balaban J connectivity index is 2.17. The first kappa shape index (κ1) is 11.7. The van der Waals surface area contributed by atoms with E-state index in [4.69, 9.17) is 10.5 Å². The van der Waals surface area contributed by atoms with E-state index >= 15 is 0 Å². The number of nitrogens with two attached hydrogens (primary N) is 1. The Kier molecular flexibility index (Phi) is 3.66. The molecule has 0 saturated heterocycles. The summed E-state index contributed by atoms with van der Waals surface area (Å²) in [5, 5.41) is 0. The summed E-state index contributed by atoms with van der Waals surface area (Å²) in [5.41, 5.74) is 8.69. The van der Waals surface area contributed by atoms with E-state index in [1.807, 2.05) is 6.07 Å². The number of halogens is 1. The zero-order chi connectivity index (χ0) is 11.5. The molecular formula is C13H16BrNO. The minimum absolute atomic E-state index is 0.166. The molecule has 0 fully saturated rings. The summed E-state index contributed by atoms with van der Waals surface area (Å²) in [6.45, 7) is 4.23. The van der Waals surface area contributed by atoms with E-state index in [0.29, 0.717) is 6.61 Å². The van der Waals surface area contributed by atoms with Crippen LogP contribution in [0.2, 0.25) is 0 Å². The van der Waals surface area contributed by atoms with Crippen molar-refractivity contribution < 1.29 is 4.74 Å². The average Bonchev–Trinajstić information content (AvgIpc) is 2.27. The van der Waals surface area contributed by atoms with E-state index in [-0.39, 0.29) is 6.04 Å². The predicted octanol–water partition coefficient (Wildman–Crippen LogP) is 3.31. The Morgan fingerprint density at radius 1 is 1.56 bits per heavy atom. The van der Waals surface area contributed by atoms with Crippen molar-refractivity contribution in [2.24, 2.45) is 5.73 Å². The summed E-state index contributed by atoms with van der Waals surface area (Å²) in [5.74, 6) is 0.872. The molecule has 1 atom stereocenters. The van der Waals surface area contributed by atoms with E-state index < -0.39 is 0 Å². The Bertz CT molecular complexity index is 403. The Morgan fingerprint density at radius 2 is 2.38 bits per heavy atom. The average molecular weight is 282 g/mol. The fraction of sp³-hybridized carbons (Fsp3) is 0.385. The van der Waals surface area contributed by atoms with Crippen LogP contribution in [0.4, 0.5) is 0 Å². The van der Waals surface area contributed by atoms with Crippen LogP contribution in [0.3, 0.4) is 0 Å². The number of ether oxygens (including phenoxy) is 1. The molecule has 0 amide bonds. The third kappa shape index (κ3) is 2.66. The molecule has 86 valence electrons. The molecule has 0 spiro atoms. The highest BCUT2D eigenvalue weighted by atomic mass is 79.9. The van der Waals surface area contributed by atoms with Gasteiger partial charge in [-0.25, -0.2) is 0 Å². The lowest BCUT2D eigenvalue weighted by Crippen LogP contribution is -2.17. The van der Waals surface area contributed by atoms with Crippen molar-refractivity contribution in [3.05, 3.63) is 40.4 Å².